The molecule has 24 nitrogen and oxygen atoms in total. The topological polar surface area (TPSA) is 323 Å². The number of likely N-dealkylation sites (N-methyl/N-ethyl adjacent to an activating group) is 1. The van der Waals surface area contributed by atoms with E-state index in [9.17, 15) is 59.1 Å². The number of aliphatic hydroxyl groups excluding tert-OH is 2. The van der Waals surface area contributed by atoms with Crippen molar-refractivity contribution in [3.8, 4) is 5.75 Å². The summed E-state index contributed by atoms with van der Waals surface area (Å²) in [4.78, 5) is 93.9. The van der Waals surface area contributed by atoms with Crippen molar-refractivity contribution < 1.29 is 73.3 Å². The summed E-state index contributed by atoms with van der Waals surface area (Å²) in [7, 11) is 9.18. The maximum absolute atomic E-state index is 14.2. The minimum Gasteiger partial charge on any atom is -0.495 e. The van der Waals surface area contributed by atoms with Crippen molar-refractivity contribution in [2.45, 2.75) is 128 Å². The molecule has 80 heavy (non-hydrogen) atoms. The number of methoxy groups -OCH3 is 2. The van der Waals surface area contributed by atoms with Gasteiger partial charge in [0.15, 0.2) is 17.9 Å². The molecule has 2 heterocycles. The van der Waals surface area contributed by atoms with Crippen molar-refractivity contribution in [1.82, 2.24) is 41.2 Å². The maximum atomic E-state index is 14.2. The number of allylic oxidation sites excluding steroid dienone is 3. The molecule has 0 saturated heterocycles. The van der Waals surface area contributed by atoms with Gasteiger partial charge in [0.2, 0.25) is 17.7 Å². The number of hydrogen-bond acceptors (Lipinski definition) is 16. The van der Waals surface area contributed by atoms with Gasteiger partial charge in [-0.15, -0.1) is 0 Å². The molecule has 0 aliphatic carbocycles. The number of aliphatic hydroxyl groups is 4. The number of benzene rings is 2. The molecule has 442 valence electrons. The van der Waals surface area contributed by atoms with Crippen LogP contribution in [-0.4, -0.2) is 185 Å². The van der Waals surface area contributed by atoms with Gasteiger partial charge in [0.05, 0.1) is 31.4 Å². The van der Waals surface area contributed by atoms with Gasteiger partial charge < -0.3 is 70.1 Å². The van der Waals surface area contributed by atoms with Crippen molar-refractivity contribution in [2.75, 3.05) is 66.9 Å². The Hall–Kier alpha value is -6.64. The highest BCUT2D eigenvalue weighted by Gasteiger charge is 2.42. The lowest BCUT2D eigenvalue weighted by Crippen LogP contribution is -2.56. The molecule has 2 bridgehead atoms. The van der Waals surface area contributed by atoms with Gasteiger partial charge in [-0.25, -0.2) is 14.6 Å². The van der Waals surface area contributed by atoms with Crippen molar-refractivity contribution in [3.63, 3.8) is 0 Å². The van der Waals surface area contributed by atoms with E-state index in [0.717, 1.165) is 27.1 Å². The SMILES string of the molecule is CNN(C)Cc1cc2ccccc2n1CCC(=O)NCCNC(=O)C(O)C(O)C(=O)NCCC(=O)N(C)C(C)C(=O)OC1CC(=O)N(C)c2cc(cc(OC)c2Cl)CC(C)=CC=CC(OC)C(O)(NC(=O)O)CCC(C)CC1(C)O. The highest BCUT2D eigenvalue weighted by molar-refractivity contribution is 6.35. The fraction of sp³-hybridized carbons (Fsp3) is 0.545. The van der Waals surface area contributed by atoms with Crippen LogP contribution in [0.4, 0.5) is 10.5 Å². The van der Waals surface area contributed by atoms with Gasteiger partial charge in [-0.05, 0) is 94.6 Å². The number of aryl methyl sites for hydroxylation is 1. The number of nitrogens with one attached hydrogen (secondary N) is 5. The second-order valence-electron chi connectivity index (χ2n) is 20.4. The van der Waals surface area contributed by atoms with Crippen LogP contribution in [0.15, 0.2) is 66.3 Å². The minimum absolute atomic E-state index is 0.00800. The molecule has 6 amide bonds. The molecule has 3 aromatic rings. The number of halogens is 1. The van der Waals surface area contributed by atoms with Crippen molar-refractivity contribution >= 4 is 69.8 Å². The number of para-hydroxylation sites is 1. The molecule has 4 rings (SSSR count). The van der Waals surface area contributed by atoms with E-state index in [1.807, 2.05) is 50.3 Å². The quantitative estimate of drug-likeness (QED) is 0.0316. The average Bonchev–Trinajstić information content (AvgIpc) is 3.76. The molecule has 10 N–H and O–H groups in total. The monoisotopic (exact) mass is 1140 g/mol. The molecule has 1 aromatic heterocycles. The zero-order chi connectivity index (χ0) is 59.6. The molecular weight excluding hydrogens is 1060 g/mol. The number of carbonyl (C=O) groups is 7. The second kappa shape index (κ2) is 30.3. The van der Waals surface area contributed by atoms with Crippen LogP contribution in [0.5, 0.6) is 5.75 Å². The summed E-state index contributed by atoms with van der Waals surface area (Å²) >= 11 is 6.75. The van der Waals surface area contributed by atoms with Gasteiger partial charge in [0, 0.05) is 78.5 Å². The van der Waals surface area contributed by atoms with Gasteiger partial charge in [0.1, 0.15) is 29.0 Å². The fourth-order valence-electron chi connectivity index (χ4n) is 9.20. The number of amides is 6. The normalized spacial score (nSPS) is 21.4. The van der Waals surface area contributed by atoms with E-state index in [-0.39, 0.29) is 61.1 Å². The highest BCUT2D eigenvalue weighted by Crippen LogP contribution is 2.38. The Labute approximate surface area is 471 Å². The summed E-state index contributed by atoms with van der Waals surface area (Å²) in [6.07, 6.45) is -4.55. The number of fused-ring (bicyclic) bond motifs is 3. The Morgan fingerprint density at radius 2 is 1.60 bits per heavy atom. The molecule has 0 saturated carbocycles. The number of carbonyl (C=O) groups excluding carboxylic acids is 6. The fourth-order valence-corrected chi connectivity index (χ4v) is 9.52. The van der Waals surface area contributed by atoms with E-state index in [1.165, 1.54) is 53.1 Å². The number of rotatable bonds is 21. The van der Waals surface area contributed by atoms with Gasteiger partial charge in [-0.3, -0.25) is 34.7 Å². The predicted octanol–water partition coefficient (Wildman–Crippen LogP) is 2.12. The first-order valence-electron chi connectivity index (χ1n) is 26.2. The Kier molecular flexibility index (Phi) is 24.9. The average molecular weight is 1140 g/mol. The largest absolute Gasteiger partial charge is 0.495 e. The van der Waals surface area contributed by atoms with Gasteiger partial charge >= 0.3 is 12.1 Å². The third-order valence-electron chi connectivity index (χ3n) is 14.1. The van der Waals surface area contributed by atoms with Crippen LogP contribution in [-0.2, 0) is 57.8 Å². The molecule has 25 heteroatoms. The first kappa shape index (κ1) is 65.9. The molecule has 0 spiro atoms. The van der Waals surface area contributed by atoms with Crippen LogP contribution in [0.3, 0.4) is 0 Å². The van der Waals surface area contributed by atoms with E-state index in [4.69, 9.17) is 25.8 Å². The van der Waals surface area contributed by atoms with Crippen LogP contribution in [0.1, 0.15) is 77.5 Å². The van der Waals surface area contributed by atoms with Crippen molar-refractivity contribution in [3.05, 3.63) is 82.5 Å². The highest BCUT2D eigenvalue weighted by atomic mass is 35.5. The van der Waals surface area contributed by atoms with Gasteiger partial charge in [0.25, 0.3) is 11.8 Å². The smallest absolute Gasteiger partial charge is 0.406 e. The van der Waals surface area contributed by atoms with Crippen LogP contribution in [0, 0.1) is 5.92 Å². The molecule has 0 fully saturated rings. The van der Waals surface area contributed by atoms with Gasteiger partial charge in [-0.1, -0.05) is 60.5 Å². The maximum Gasteiger partial charge on any atom is 0.406 e. The molecular formula is C55H80ClN9O15. The third kappa shape index (κ3) is 18.5. The van der Waals surface area contributed by atoms with E-state index >= 15 is 0 Å². The van der Waals surface area contributed by atoms with E-state index in [0.29, 0.717) is 25.1 Å². The van der Waals surface area contributed by atoms with E-state index in [1.54, 1.807) is 31.2 Å². The molecule has 8 unspecified atom stereocenters. The van der Waals surface area contributed by atoms with Crippen LogP contribution < -0.4 is 36.3 Å². The molecule has 0 radical (unpaired) electrons. The number of carboxylic acid groups (broad SMARTS) is 1. The summed E-state index contributed by atoms with van der Waals surface area (Å²) in [6.45, 7) is 6.71. The number of hydrogen-bond donors (Lipinski definition) is 10. The van der Waals surface area contributed by atoms with Crippen LogP contribution in [0.2, 0.25) is 5.02 Å². The molecule has 8 atom stereocenters. The van der Waals surface area contributed by atoms with Crippen molar-refractivity contribution in [2.24, 2.45) is 5.92 Å². The first-order chi connectivity index (χ1) is 37.7. The zero-order valence-electron chi connectivity index (χ0n) is 47.2. The lowest BCUT2D eigenvalue weighted by molar-refractivity contribution is -0.174. The predicted molar refractivity (Wildman–Crippen MR) is 298 cm³/mol. The summed E-state index contributed by atoms with van der Waals surface area (Å²) < 4.78 is 19.1. The van der Waals surface area contributed by atoms with E-state index < -0.39 is 103 Å². The van der Waals surface area contributed by atoms with Gasteiger partial charge in [-0.2, -0.15) is 0 Å². The summed E-state index contributed by atoms with van der Waals surface area (Å²) in [5, 5.41) is 67.0. The molecule has 2 aromatic carbocycles. The lowest BCUT2D eigenvalue weighted by atomic mass is 9.83. The molecule has 1 aliphatic rings. The Morgan fingerprint density at radius 1 is 0.950 bits per heavy atom. The van der Waals surface area contributed by atoms with E-state index in [2.05, 4.69) is 37.3 Å². The molecule has 1 aliphatic heterocycles. The number of nitrogens with zero attached hydrogens (tertiary/aromatic N) is 4. The zero-order valence-corrected chi connectivity index (χ0v) is 48.0. The number of aromatic nitrogens is 1. The second-order valence-corrected chi connectivity index (χ2v) is 20.8. The third-order valence-corrected chi connectivity index (χ3v) is 14.5. The minimum atomic E-state index is -2.24. The summed E-state index contributed by atoms with van der Waals surface area (Å²) in [5.74, 6) is -5.15. The first-order valence-corrected chi connectivity index (χ1v) is 26.6. The van der Waals surface area contributed by atoms with Crippen molar-refractivity contribution in [1.29, 1.82) is 0 Å². The number of esters is 1. The van der Waals surface area contributed by atoms with Crippen LogP contribution in [0.25, 0.3) is 10.9 Å². The summed E-state index contributed by atoms with van der Waals surface area (Å²) in [6, 6.07) is 11.9. The standard InChI is InChI=1S/C55H80ClN9O15/c1-33-14-13-17-42(79-10)55(77,61-53(74)75)21-18-34(2)31-54(4,76)43(30-46(68)64(8)40-27-36(26-33)28-41(78-9)47(40)56)80-52(73)35(3)63(7)45(67)19-22-59-50(71)48(69)49(70)51(72)60-24-23-58-44(66)20-25-65-38(32-62(6)57-5)29-37-15-11-12-16-39(37)65/h11-17,27-29,34-35,42-43,48-49,57,61,69-70,76-77H,18-26,30-32H2,1-10H3,(H,58,66)(H,59,71)(H,60,72)(H,74,75). The summed E-state index contributed by atoms with van der Waals surface area (Å²) in [5.41, 5.74) is 2.71. The van der Waals surface area contributed by atoms with Crippen LogP contribution >= 0.6 is 11.6 Å². The lowest BCUT2D eigenvalue weighted by Gasteiger charge is -2.37. The Balaban J connectivity index is 1.37. The Morgan fingerprint density at radius 3 is 2.24 bits per heavy atom. The number of hydrazine groups is 1. The Bertz CT molecular complexity index is 2720. The number of ether oxygens (including phenoxy) is 3. The number of anilines is 1.